The molecule has 0 spiro atoms. The van der Waals surface area contributed by atoms with E-state index < -0.39 is 0 Å². The molecule has 49 heavy (non-hydrogen) atoms. The summed E-state index contributed by atoms with van der Waals surface area (Å²) >= 11 is 0. The normalized spacial score (nSPS) is 18.9. The van der Waals surface area contributed by atoms with Gasteiger partial charge in [0.15, 0.2) is 0 Å². The van der Waals surface area contributed by atoms with Gasteiger partial charge in [0.2, 0.25) is 0 Å². The fraction of sp³-hybridized carbons (Fsp3) is 0.442. The van der Waals surface area contributed by atoms with E-state index in [1.807, 2.05) is 0 Å². The van der Waals surface area contributed by atoms with Gasteiger partial charge < -0.3 is 9.80 Å². The van der Waals surface area contributed by atoms with Crippen LogP contribution in [0.3, 0.4) is 0 Å². The van der Waals surface area contributed by atoms with E-state index in [1.165, 1.54) is 28.7 Å². The van der Waals surface area contributed by atoms with E-state index in [9.17, 15) is 0 Å². The van der Waals surface area contributed by atoms with E-state index in [-0.39, 0.29) is 0 Å². The zero-order valence-corrected chi connectivity index (χ0v) is 29.7. The smallest absolute Gasteiger partial charge is 0.0234 e. The van der Waals surface area contributed by atoms with E-state index >= 15 is 0 Å². The van der Waals surface area contributed by atoms with Crippen molar-refractivity contribution in [3.05, 3.63) is 144 Å². The van der Waals surface area contributed by atoms with Crippen molar-refractivity contribution in [2.24, 2.45) is 0 Å². The van der Waals surface area contributed by atoms with Crippen molar-refractivity contribution >= 4 is 0 Å². The lowest BCUT2D eigenvalue weighted by molar-refractivity contribution is 0.183. The average Bonchev–Trinajstić information content (AvgIpc) is 3.29. The lowest BCUT2D eigenvalue weighted by Crippen LogP contribution is -2.40. The molecule has 2 saturated heterocycles. The lowest BCUT2D eigenvalue weighted by atomic mass is 10.2. The van der Waals surface area contributed by atoms with E-state index in [4.69, 9.17) is 0 Å². The van der Waals surface area contributed by atoms with Crippen LogP contribution >= 0.6 is 0 Å². The van der Waals surface area contributed by atoms with Gasteiger partial charge in [0.05, 0.1) is 0 Å². The largest absolute Gasteiger partial charge is 0.301 e. The molecule has 6 nitrogen and oxygen atoms in total. The SMILES string of the molecule is c1ccc(CN2CCN(CCCN3CCN(Cc4ccccc4)CCN(Cc4ccccc4)CC3)CCN(Cc3ccccc3)CC2)cc1. The molecule has 4 aromatic carbocycles. The highest BCUT2D eigenvalue weighted by Gasteiger charge is 2.20. The molecular formula is C43H58N6. The van der Waals surface area contributed by atoms with E-state index in [2.05, 4.69) is 151 Å². The summed E-state index contributed by atoms with van der Waals surface area (Å²) < 4.78 is 0. The van der Waals surface area contributed by atoms with Crippen LogP contribution < -0.4 is 0 Å². The van der Waals surface area contributed by atoms with Crippen molar-refractivity contribution in [3.8, 4) is 0 Å². The zero-order valence-electron chi connectivity index (χ0n) is 29.7. The van der Waals surface area contributed by atoms with Gasteiger partial charge in [-0.15, -0.1) is 0 Å². The first-order valence-corrected chi connectivity index (χ1v) is 18.7. The minimum Gasteiger partial charge on any atom is -0.301 e. The molecule has 260 valence electrons. The Morgan fingerprint density at radius 3 is 0.694 bits per heavy atom. The molecule has 2 aliphatic rings. The second-order valence-electron chi connectivity index (χ2n) is 14.1. The number of hydrogen-bond acceptors (Lipinski definition) is 6. The van der Waals surface area contributed by atoms with Gasteiger partial charge in [0.1, 0.15) is 0 Å². The summed E-state index contributed by atoms with van der Waals surface area (Å²) in [6.45, 7) is 20.0. The Kier molecular flexibility index (Phi) is 14.3. The molecule has 0 aliphatic carbocycles. The summed E-state index contributed by atoms with van der Waals surface area (Å²) in [6, 6.07) is 44.1. The Labute approximate surface area is 296 Å². The molecule has 4 aromatic rings. The molecule has 2 fully saturated rings. The van der Waals surface area contributed by atoms with Crippen molar-refractivity contribution in [3.63, 3.8) is 0 Å². The average molecular weight is 659 g/mol. The Morgan fingerprint density at radius 1 is 0.265 bits per heavy atom. The first-order valence-electron chi connectivity index (χ1n) is 18.7. The van der Waals surface area contributed by atoms with Crippen molar-refractivity contribution in [2.45, 2.75) is 32.6 Å². The maximum atomic E-state index is 2.75. The zero-order chi connectivity index (χ0) is 33.4. The molecular weight excluding hydrogens is 601 g/mol. The highest BCUT2D eigenvalue weighted by atomic mass is 15.3. The van der Waals surface area contributed by atoms with Crippen LogP contribution in [0.4, 0.5) is 0 Å². The number of rotatable bonds is 12. The fourth-order valence-corrected chi connectivity index (χ4v) is 7.33. The summed E-state index contributed by atoms with van der Waals surface area (Å²) in [4.78, 5) is 16.2. The molecule has 0 unspecified atom stereocenters. The van der Waals surface area contributed by atoms with Crippen molar-refractivity contribution in [2.75, 3.05) is 91.6 Å². The van der Waals surface area contributed by atoms with Crippen molar-refractivity contribution < 1.29 is 0 Å². The summed E-state index contributed by atoms with van der Waals surface area (Å²) in [6.07, 6.45) is 1.22. The van der Waals surface area contributed by atoms with Crippen LogP contribution in [0.25, 0.3) is 0 Å². The van der Waals surface area contributed by atoms with Gasteiger partial charge in [-0.3, -0.25) is 19.6 Å². The number of hydrogen-bond donors (Lipinski definition) is 0. The van der Waals surface area contributed by atoms with Gasteiger partial charge >= 0.3 is 0 Å². The monoisotopic (exact) mass is 658 g/mol. The van der Waals surface area contributed by atoms with Crippen molar-refractivity contribution in [1.82, 2.24) is 29.4 Å². The summed E-state index contributed by atoms with van der Waals surface area (Å²) in [5, 5.41) is 0. The molecule has 6 rings (SSSR count). The van der Waals surface area contributed by atoms with Gasteiger partial charge in [0, 0.05) is 105 Å². The van der Waals surface area contributed by atoms with Crippen LogP contribution in [0.1, 0.15) is 28.7 Å². The van der Waals surface area contributed by atoms with Gasteiger partial charge in [0.25, 0.3) is 0 Å². The highest BCUT2D eigenvalue weighted by molar-refractivity contribution is 5.17. The van der Waals surface area contributed by atoms with Gasteiger partial charge in [-0.05, 0) is 41.8 Å². The molecule has 0 N–H and O–H groups in total. The van der Waals surface area contributed by atoms with Gasteiger partial charge in [-0.1, -0.05) is 121 Å². The Bertz CT molecular complexity index is 1220. The third-order valence-corrected chi connectivity index (χ3v) is 10.3. The molecule has 0 atom stereocenters. The third-order valence-electron chi connectivity index (χ3n) is 10.3. The van der Waals surface area contributed by atoms with E-state index in [0.717, 1.165) is 118 Å². The lowest BCUT2D eigenvalue weighted by Gasteiger charge is -2.29. The minimum atomic E-state index is 1.03. The molecule has 0 amide bonds. The molecule has 2 heterocycles. The van der Waals surface area contributed by atoms with Crippen LogP contribution in [-0.2, 0) is 26.2 Å². The quantitative estimate of drug-likeness (QED) is 0.184. The van der Waals surface area contributed by atoms with E-state index in [0.29, 0.717) is 0 Å². The Morgan fingerprint density at radius 2 is 0.469 bits per heavy atom. The number of nitrogens with zero attached hydrogens (tertiary/aromatic N) is 6. The van der Waals surface area contributed by atoms with Crippen LogP contribution in [0.5, 0.6) is 0 Å². The Balaban J connectivity index is 1.06. The second-order valence-corrected chi connectivity index (χ2v) is 14.1. The predicted molar refractivity (Wildman–Crippen MR) is 204 cm³/mol. The van der Waals surface area contributed by atoms with Crippen LogP contribution in [0.15, 0.2) is 121 Å². The Hall–Kier alpha value is -3.36. The maximum absolute atomic E-state index is 2.75. The third kappa shape index (κ3) is 12.5. The highest BCUT2D eigenvalue weighted by Crippen LogP contribution is 2.13. The van der Waals surface area contributed by atoms with Gasteiger partial charge in [-0.25, -0.2) is 0 Å². The number of benzene rings is 4. The molecule has 0 bridgehead atoms. The summed E-state index contributed by atoms with van der Waals surface area (Å²) in [5.74, 6) is 0. The standard InChI is InChI=1S/C43H58N6/c1-5-14-40(15-6-1)36-46-28-24-44(25-29-47(33-32-46)37-41-16-7-2-8-17-41)22-13-23-45-26-30-48(38-42-18-9-3-10-19-42)34-35-49(31-27-45)39-43-20-11-4-12-21-43/h1-12,14-21H,13,22-39H2. The first-order chi connectivity index (χ1) is 24.2. The van der Waals surface area contributed by atoms with E-state index in [1.54, 1.807) is 0 Å². The summed E-state index contributed by atoms with van der Waals surface area (Å²) in [7, 11) is 0. The fourth-order valence-electron chi connectivity index (χ4n) is 7.33. The molecule has 2 aliphatic heterocycles. The molecule has 6 heteroatoms. The summed E-state index contributed by atoms with van der Waals surface area (Å²) in [5.41, 5.74) is 5.66. The predicted octanol–water partition coefficient (Wildman–Crippen LogP) is 6.02. The maximum Gasteiger partial charge on any atom is 0.0234 e. The second kappa shape index (κ2) is 19.7. The topological polar surface area (TPSA) is 19.4 Å². The molecule has 0 aromatic heterocycles. The van der Waals surface area contributed by atoms with Crippen molar-refractivity contribution in [1.29, 1.82) is 0 Å². The van der Waals surface area contributed by atoms with Gasteiger partial charge in [-0.2, -0.15) is 0 Å². The minimum absolute atomic E-state index is 1.03. The molecule has 0 saturated carbocycles. The van der Waals surface area contributed by atoms with Crippen LogP contribution in [0, 0.1) is 0 Å². The van der Waals surface area contributed by atoms with Crippen LogP contribution in [0.2, 0.25) is 0 Å². The molecule has 0 radical (unpaired) electrons. The van der Waals surface area contributed by atoms with Crippen LogP contribution in [-0.4, -0.2) is 121 Å². The first kappa shape index (κ1) is 35.5.